The average Bonchev–Trinajstić information content (AvgIpc) is 2.54. The van der Waals surface area contributed by atoms with Crippen LogP contribution in [0.15, 0.2) is 24.3 Å². The summed E-state index contributed by atoms with van der Waals surface area (Å²) < 4.78 is 17.0. The highest BCUT2D eigenvalue weighted by Crippen LogP contribution is 2.35. The van der Waals surface area contributed by atoms with Crippen LogP contribution >= 0.6 is 11.6 Å². The molecule has 5 atom stereocenters. The van der Waals surface area contributed by atoms with Crippen LogP contribution in [0.1, 0.15) is 51.9 Å². The Morgan fingerprint density at radius 3 is 2.80 bits per heavy atom. The van der Waals surface area contributed by atoms with Crippen LogP contribution in [0.3, 0.4) is 0 Å². The molecule has 0 saturated carbocycles. The van der Waals surface area contributed by atoms with Crippen LogP contribution in [0, 0.1) is 5.92 Å². The summed E-state index contributed by atoms with van der Waals surface area (Å²) in [6.45, 7) is 5.70. The Labute approximate surface area is 154 Å². The molecule has 6 heteroatoms. The maximum Gasteiger partial charge on any atom is 0.302 e. The van der Waals surface area contributed by atoms with E-state index >= 15 is 0 Å². The summed E-state index contributed by atoms with van der Waals surface area (Å²) in [5.74, 6) is -0.249. The summed E-state index contributed by atoms with van der Waals surface area (Å²) in [4.78, 5) is 11.0. The number of aliphatic hydroxyl groups is 1. The van der Waals surface area contributed by atoms with Gasteiger partial charge in [0.15, 0.2) is 6.29 Å². The van der Waals surface area contributed by atoms with Crippen LogP contribution in [0.5, 0.6) is 0 Å². The fourth-order valence-corrected chi connectivity index (χ4v) is 3.49. The number of carbonyl (C=O) groups excluding carboxylic acids is 1. The van der Waals surface area contributed by atoms with Gasteiger partial charge in [-0.1, -0.05) is 36.7 Å². The van der Waals surface area contributed by atoms with E-state index in [-0.39, 0.29) is 24.1 Å². The Kier molecular flexibility index (Phi) is 7.69. The minimum atomic E-state index is -0.572. The number of esters is 1. The molecule has 140 valence electrons. The molecule has 1 aliphatic heterocycles. The summed E-state index contributed by atoms with van der Waals surface area (Å²) >= 11 is 6.23. The first-order valence-corrected chi connectivity index (χ1v) is 9.15. The largest absolute Gasteiger partial charge is 0.463 e. The molecule has 1 aliphatic rings. The average molecular weight is 371 g/mol. The highest BCUT2D eigenvalue weighted by Gasteiger charge is 2.34. The zero-order valence-corrected chi connectivity index (χ0v) is 15.7. The summed E-state index contributed by atoms with van der Waals surface area (Å²) in [5, 5.41) is 10.9. The van der Waals surface area contributed by atoms with Gasteiger partial charge in [0.25, 0.3) is 0 Å². The quantitative estimate of drug-likeness (QED) is 0.738. The number of hydrogen-bond acceptors (Lipinski definition) is 5. The number of carbonyl (C=O) groups is 1. The molecule has 1 saturated heterocycles. The van der Waals surface area contributed by atoms with E-state index in [1.54, 1.807) is 6.92 Å². The Balaban J connectivity index is 1.91. The first kappa shape index (κ1) is 20.2. The van der Waals surface area contributed by atoms with E-state index in [9.17, 15) is 9.90 Å². The highest BCUT2D eigenvalue weighted by atomic mass is 35.5. The Morgan fingerprint density at radius 2 is 2.16 bits per heavy atom. The van der Waals surface area contributed by atoms with E-state index < -0.39 is 12.4 Å². The van der Waals surface area contributed by atoms with E-state index in [1.165, 1.54) is 6.92 Å². The van der Waals surface area contributed by atoms with Crippen molar-refractivity contribution in [2.45, 2.75) is 64.6 Å². The molecule has 2 rings (SSSR count). The molecule has 1 fully saturated rings. The predicted molar refractivity (Wildman–Crippen MR) is 95.3 cm³/mol. The van der Waals surface area contributed by atoms with Crippen molar-refractivity contribution in [2.24, 2.45) is 5.92 Å². The molecule has 5 unspecified atom stereocenters. The third kappa shape index (κ3) is 5.96. The summed E-state index contributed by atoms with van der Waals surface area (Å²) in [6, 6.07) is 7.49. The van der Waals surface area contributed by atoms with Gasteiger partial charge >= 0.3 is 5.97 Å². The molecular formula is C19H27ClO5. The molecule has 0 aromatic heterocycles. The molecule has 25 heavy (non-hydrogen) atoms. The van der Waals surface area contributed by atoms with Gasteiger partial charge in [-0.25, -0.2) is 0 Å². The van der Waals surface area contributed by atoms with Crippen molar-refractivity contribution in [1.82, 2.24) is 0 Å². The van der Waals surface area contributed by atoms with Crippen molar-refractivity contribution in [3.8, 4) is 0 Å². The molecular weight excluding hydrogens is 344 g/mol. The van der Waals surface area contributed by atoms with E-state index in [1.807, 2.05) is 24.3 Å². The predicted octanol–water partition coefficient (Wildman–Crippen LogP) is 3.87. The van der Waals surface area contributed by atoms with Gasteiger partial charge in [-0.05, 0) is 25.8 Å². The summed E-state index contributed by atoms with van der Waals surface area (Å²) in [7, 11) is 0. The van der Waals surface area contributed by atoms with Crippen molar-refractivity contribution in [2.75, 3.05) is 6.61 Å². The maximum atomic E-state index is 11.0. The summed E-state index contributed by atoms with van der Waals surface area (Å²) in [6.07, 6.45) is 0.383. The number of rotatable bonds is 7. The van der Waals surface area contributed by atoms with Gasteiger partial charge in [-0.3, -0.25) is 4.79 Å². The Bertz CT molecular complexity index is 565. The van der Waals surface area contributed by atoms with Crippen LogP contribution < -0.4 is 0 Å². The number of aliphatic hydroxyl groups excluding tert-OH is 1. The molecule has 0 bridgehead atoms. The fourth-order valence-electron chi connectivity index (χ4n) is 3.27. The lowest BCUT2D eigenvalue weighted by molar-refractivity contribution is -0.245. The van der Waals surface area contributed by atoms with Crippen molar-refractivity contribution in [1.29, 1.82) is 0 Å². The minimum absolute atomic E-state index is 0.0197. The lowest BCUT2D eigenvalue weighted by Gasteiger charge is -2.37. The molecule has 1 aromatic rings. The molecule has 1 N–H and O–H groups in total. The van der Waals surface area contributed by atoms with Crippen LogP contribution in [0.4, 0.5) is 0 Å². The van der Waals surface area contributed by atoms with Gasteiger partial charge < -0.3 is 19.3 Å². The highest BCUT2D eigenvalue weighted by molar-refractivity contribution is 6.31. The number of halogens is 1. The van der Waals surface area contributed by atoms with E-state index in [2.05, 4.69) is 6.92 Å². The topological polar surface area (TPSA) is 65.0 Å². The number of hydrogen-bond donors (Lipinski definition) is 1. The second-order valence-electron chi connectivity index (χ2n) is 6.57. The van der Waals surface area contributed by atoms with Crippen LogP contribution in [-0.4, -0.2) is 36.0 Å². The third-order valence-corrected chi connectivity index (χ3v) is 4.74. The second-order valence-corrected chi connectivity index (χ2v) is 6.98. The molecule has 1 heterocycles. The molecule has 0 radical (unpaired) electrons. The maximum absolute atomic E-state index is 11.0. The van der Waals surface area contributed by atoms with Gasteiger partial charge in [0.2, 0.25) is 0 Å². The van der Waals surface area contributed by atoms with E-state index in [4.69, 9.17) is 25.8 Å². The van der Waals surface area contributed by atoms with Gasteiger partial charge in [-0.2, -0.15) is 0 Å². The zero-order valence-electron chi connectivity index (χ0n) is 15.0. The minimum Gasteiger partial charge on any atom is -0.463 e. The number of ether oxygens (including phenoxy) is 3. The molecule has 0 aliphatic carbocycles. The standard InChI is InChI=1S/C19H27ClO5/c1-4-18-14(10-15(22)9-12(2)24-13(3)21)11-23-19(25-18)16-7-5-6-8-17(16)20/h5-8,12,14-15,18-19,22H,4,9-11H2,1-3H3. The molecule has 5 nitrogen and oxygen atoms in total. The molecule has 1 aromatic carbocycles. The monoisotopic (exact) mass is 370 g/mol. The van der Waals surface area contributed by atoms with Gasteiger partial charge in [-0.15, -0.1) is 0 Å². The third-order valence-electron chi connectivity index (χ3n) is 4.39. The summed E-state index contributed by atoms with van der Waals surface area (Å²) in [5.41, 5.74) is 0.824. The first-order valence-electron chi connectivity index (χ1n) is 8.77. The molecule has 0 spiro atoms. The van der Waals surface area contributed by atoms with E-state index in [0.717, 1.165) is 12.0 Å². The second kappa shape index (κ2) is 9.53. The SMILES string of the molecule is CCC1OC(c2ccccc2Cl)OCC1CC(O)CC(C)OC(C)=O. The zero-order chi connectivity index (χ0) is 18.4. The van der Waals surface area contributed by atoms with Gasteiger partial charge in [0.05, 0.1) is 18.8 Å². The van der Waals surface area contributed by atoms with Crippen molar-refractivity contribution in [3.63, 3.8) is 0 Å². The van der Waals surface area contributed by atoms with Crippen molar-refractivity contribution >= 4 is 17.6 Å². The van der Waals surface area contributed by atoms with Crippen LogP contribution in [0.25, 0.3) is 0 Å². The fraction of sp³-hybridized carbons (Fsp3) is 0.632. The smallest absolute Gasteiger partial charge is 0.302 e. The Morgan fingerprint density at radius 1 is 1.44 bits per heavy atom. The number of benzene rings is 1. The van der Waals surface area contributed by atoms with Crippen LogP contribution in [0.2, 0.25) is 5.02 Å². The normalized spacial score (nSPS) is 26.0. The first-order chi connectivity index (χ1) is 11.9. The Hall–Kier alpha value is -1.14. The molecule has 0 amide bonds. The van der Waals surface area contributed by atoms with Gasteiger partial charge in [0, 0.05) is 29.8 Å². The lowest BCUT2D eigenvalue weighted by atomic mass is 9.91. The van der Waals surface area contributed by atoms with Crippen molar-refractivity contribution in [3.05, 3.63) is 34.9 Å². The van der Waals surface area contributed by atoms with Gasteiger partial charge in [0.1, 0.15) is 6.10 Å². The van der Waals surface area contributed by atoms with E-state index in [0.29, 0.717) is 24.5 Å². The van der Waals surface area contributed by atoms with Crippen LogP contribution in [-0.2, 0) is 19.0 Å². The lowest BCUT2D eigenvalue weighted by Crippen LogP contribution is -2.38. The van der Waals surface area contributed by atoms with Crippen molar-refractivity contribution < 1.29 is 24.1 Å².